The van der Waals surface area contributed by atoms with Crippen LogP contribution in [0, 0.1) is 5.82 Å². The zero-order chi connectivity index (χ0) is 20.5. The third-order valence-electron chi connectivity index (χ3n) is 4.65. The van der Waals surface area contributed by atoms with Gasteiger partial charge in [-0.25, -0.2) is 12.8 Å². The Kier molecular flexibility index (Phi) is 5.46. The lowest BCUT2D eigenvalue weighted by atomic mass is 10.1. The van der Waals surface area contributed by atoms with Crippen LogP contribution < -0.4 is 14.2 Å². The van der Waals surface area contributed by atoms with Crippen LogP contribution in [-0.2, 0) is 9.84 Å². The second-order valence-electron chi connectivity index (χ2n) is 6.21. The molecule has 0 atom stereocenters. The largest absolute Gasteiger partial charge is 0.493 e. The number of sulfone groups is 1. The van der Waals surface area contributed by atoms with Crippen molar-refractivity contribution in [3.63, 3.8) is 0 Å². The fourth-order valence-corrected chi connectivity index (χ4v) is 4.71. The molecular weight excluding hydrogens is 389 g/mol. The van der Waals surface area contributed by atoms with Gasteiger partial charge in [0.2, 0.25) is 5.75 Å². The van der Waals surface area contributed by atoms with Gasteiger partial charge in [0.25, 0.3) is 5.91 Å². The number of likely N-dealkylation sites (tertiary alicyclic amines) is 1. The Hall–Kier alpha value is -2.81. The van der Waals surface area contributed by atoms with E-state index >= 15 is 0 Å². The van der Waals surface area contributed by atoms with Gasteiger partial charge in [-0.05, 0) is 36.4 Å². The monoisotopic (exact) mass is 409 g/mol. The number of hydrogen-bond donors (Lipinski definition) is 0. The number of hydrogen-bond acceptors (Lipinski definition) is 6. The molecule has 28 heavy (non-hydrogen) atoms. The van der Waals surface area contributed by atoms with Gasteiger partial charge in [-0.1, -0.05) is 0 Å². The summed E-state index contributed by atoms with van der Waals surface area (Å²) in [6.07, 6.45) is 0. The second-order valence-corrected chi connectivity index (χ2v) is 8.44. The van der Waals surface area contributed by atoms with E-state index < -0.39 is 20.9 Å². The molecule has 1 heterocycles. The third kappa shape index (κ3) is 3.37. The minimum atomic E-state index is -3.64. The van der Waals surface area contributed by atoms with Crippen molar-refractivity contribution in [2.45, 2.75) is 10.1 Å². The topological polar surface area (TPSA) is 82.1 Å². The van der Waals surface area contributed by atoms with Crippen molar-refractivity contribution >= 4 is 15.7 Å². The van der Waals surface area contributed by atoms with Gasteiger partial charge in [0.05, 0.1) is 31.8 Å². The quantitative estimate of drug-likeness (QED) is 0.680. The highest BCUT2D eigenvalue weighted by atomic mass is 32.2. The van der Waals surface area contributed by atoms with Gasteiger partial charge in [-0.3, -0.25) is 4.79 Å². The minimum Gasteiger partial charge on any atom is -0.493 e. The molecule has 9 heteroatoms. The summed E-state index contributed by atoms with van der Waals surface area (Å²) >= 11 is 0. The maximum Gasteiger partial charge on any atom is 0.257 e. The smallest absolute Gasteiger partial charge is 0.257 e. The fraction of sp³-hybridized carbons (Fsp3) is 0.316. The molecule has 7 nitrogen and oxygen atoms in total. The van der Waals surface area contributed by atoms with Gasteiger partial charge in [0.15, 0.2) is 21.3 Å². The first kappa shape index (κ1) is 19.9. The average molecular weight is 409 g/mol. The standard InChI is InChI=1S/C19H20FNO6S/c1-25-16-9-8-15(17(26-2)18(16)27-3)19(22)21-10-14(11-21)28(23,24)13-6-4-12(20)5-7-13/h4-9,14H,10-11H2,1-3H3. The van der Waals surface area contributed by atoms with E-state index in [1.165, 1.54) is 38.4 Å². The summed E-state index contributed by atoms with van der Waals surface area (Å²) < 4.78 is 54.1. The van der Waals surface area contributed by atoms with Gasteiger partial charge in [-0.2, -0.15) is 0 Å². The highest BCUT2D eigenvalue weighted by Crippen LogP contribution is 2.40. The minimum absolute atomic E-state index is 0.0368. The van der Waals surface area contributed by atoms with Crippen molar-refractivity contribution in [2.75, 3.05) is 34.4 Å². The van der Waals surface area contributed by atoms with Crippen molar-refractivity contribution in [2.24, 2.45) is 0 Å². The first-order valence-corrected chi connectivity index (χ1v) is 9.95. The van der Waals surface area contributed by atoms with E-state index in [0.717, 1.165) is 12.1 Å². The maximum atomic E-state index is 13.0. The van der Waals surface area contributed by atoms with Crippen LogP contribution in [0.3, 0.4) is 0 Å². The van der Waals surface area contributed by atoms with Crippen LogP contribution >= 0.6 is 0 Å². The Morgan fingerprint density at radius 3 is 2.11 bits per heavy atom. The zero-order valence-electron chi connectivity index (χ0n) is 15.6. The van der Waals surface area contributed by atoms with Crippen molar-refractivity contribution in [3.8, 4) is 17.2 Å². The first-order valence-electron chi connectivity index (χ1n) is 8.41. The number of ether oxygens (including phenoxy) is 3. The predicted molar refractivity (Wildman–Crippen MR) is 99.4 cm³/mol. The molecule has 0 aromatic heterocycles. The summed E-state index contributed by atoms with van der Waals surface area (Å²) in [5.74, 6) is 0.0353. The number of nitrogens with zero attached hydrogens (tertiary/aromatic N) is 1. The van der Waals surface area contributed by atoms with Crippen molar-refractivity contribution in [1.29, 1.82) is 0 Å². The molecule has 0 aliphatic carbocycles. The lowest BCUT2D eigenvalue weighted by Gasteiger charge is -2.38. The summed E-state index contributed by atoms with van der Waals surface area (Å²) in [4.78, 5) is 14.3. The highest BCUT2D eigenvalue weighted by molar-refractivity contribution is 7.92. The fourth-order valence-electron chi connectivity index (χ4n) is 3.06. The molecule has 2 aromatic carbocycles. The lowest BCUT2D eigenvalue weighted by molar-refractivity contribution is 0.0654. The van der Waals surface area contributed by atoms with Crippen LogP contribution in [0.2, 0.25) is 0 Å². The summed E-state index contributed by atoms with van der Waals surface area (Å²) in [5, 5.41) is -0.743. The molecule has 0 saturated carbocycles. The Morgan fingerprint density at radius 2 is 1.57 bits per heavy atom. The van der Waals surface area contributed by atoms with E-state index in [9.17, 15) is 17.6 Å². The summed E-state index contributed by atoms with van der Waals surface area (Å²) in [6, 6.07) is 7.79. The molecule has 1 saturated heterocycles. The Balaban J connectivity index is 1.79. The van der Waals surface area contributed by atoms with Gasteiger partial charge < -0.3 is 19.1 Å². The normalized spacial score (nSPS) is 14.4. The first-order chi connectivity index (χ1) is 13.3. The predicted octanol–water partition coefficient (Wildman–Crippen LogP) is 2.15. The summed E-state index contributed by atoms with van der Waals surface area (Å²) in [5.41, 5.74) is 0.248. The van der Waals surface area contributed by atoms with E-state index in [4.69, 9.17) is 14.2 Å². The van der Waals surface area contributed by atoms with Crippen LogP contribution in [0.5, 0.6) is 17.2 Å². The van der Waals surface area contributed by atoms with Crippen LogP contribution in [0.4, 0.5) is 4.39 Å². The lowest BCUT2D eigenvalue weighted by Crippen LogP contribution is -2.56. The molecule has 1 aliphatic rings. The van der Waals surface area contributed by atoms with Gasteiger partial charge in [-0.15, -0.1) is 0 Å². The number of methoxy groups -OCH3 is 3. The maximum absolute atomic E-state index is 13.0. The van der Waals surface area contributed by atoms with Crippen molar-refractivity contribution in [3.05, 3.63) is 47.8 Å². The molecule has 0 unspecified atom stereocenters. The van der Waals surface area contributed by atoms with Crippen LogP contribution in [-0.4, -0.2) is 58.9 Å². The van der Waals surface area contributed by atoms with E-state index in [2.05, 4.69) is 0 Å². The number of halogens is 1. The molecule has 1 aliphatic heterocycles. The number of carbonyl (C=O) groups is 1. The number of rotatable bonds is 6. The number of carbonyl (C=O) groups excluding carboxylic acids is 1. The number of amides is 1. The molecule has 150 valence electrons. The van der Waals surface area contributed by atoms with Crippen LogP contribution in [0.1, 0.15) is 10.4 Å². The highest BCUT2D eigenvalue weighted by Gasteiger charge is 2.41. The summed E-state index contributed by atoms with van der Waals surface area (Å²) in [6.45, 7) is 0.0755. The molecule has 0 radical (unpaired) electrons. The van der Waals surface area contributed by atoms with Crippen LogP contribution in [0.25, 0.3) is 0 Å². The second kappa shape index (κ2) is 7.67. The van der Waals surface area contributed by atoms with Gasteiger partial charge >= 0.3 is 0 Å². The van der Waals surface area contributed by atoms with Gasteiger partial charge in [0, 0.05) is 13.1 Å². The number of benzene rings is 2. The zero-order valence-corrected chi connectivity index (χ0v) is 16.5. The van der Waals surface area contributed by atoms with Crippen LogP contribution in [0.15, 0.2) is 41.3 Å². The Labute approximate surface area is 162 Å². The van der Waals surface area contributed by atoms with Crippen molar-refractivity contribution in [1.82, 2.24) is 4.90 Å². The molecule has 0 bridgehead atoms. The van der Waals surface area contributed by atoms with Crippen molar-refractivity contribution < 1.29 is 31.8 Å². The molecular formula is C19H20FNO6S. The molecule has 2 aromatic rings. The Bertz CT molecular complexity index is 984. The molecule has 0 spiro atoms. The van der Waals surface area contributed by atoms with E-state index in [1.807, 2.05) is 0 Å². The van der Waals surface area contributed by atoms with Gasteiger partial charge in [0.1, 0.15) is 11.1 Å². The molecule has 1 amide bonds. The molecule has 3 rings (SSSR count). The Morgan fingerprint density at radius 1 is 0.964 bits per heavy atom. The SMILES string of the molecule is COc1ccc(C(=O)N2CC(S(=O)(=O)c3ccc(F)cc3)C2)c(OC)c1OC. The van der Waals surface area contributed by atoms with E-state index in [0.29, 0.717) is 5.75 Å². The summed E-state index contributed by atoms with van der Waals surface area (Å²) in [7, 11) is 0.671. The third-order valence-corrected chi connectivity index (χ3v) is 6.76. The molecule has 1 fully saturated rings. The molecule has 0 N–H and O–H groups in total. The van der Waals surface area contributed by atoms with E-state index in [-0.39, 0.29) is 41.0 Å². The average Bonchev–Trinajstić information content (AvgIpc) is 2.65. The van der Waals surface area contributed by atoms with E-state index in [1.54, 1.807) is 12.1 Å².